The van der Waals surface area contributed by atoms with Gasteiger partial charge >= 0.3 is 0 Å². The fourth-order valence-corrected chi connectivity index (χ4v) is 6.34. The Balaban J connectivity index is 1.31. The third-order valence-corrected chi connectivity index (χ3v) is 8.59. The van der Waals surface area contributed by atoms with E-state index in [4.69, 9.17) is 4.74 Å². The molecule has 3 aromatic rings. The van der Waals surface area contributed by atoms with E-state index in [1.807, 2.05) is 24.3 Å². The average Bonchev–Trinajstić information content (AvgIpc) is 3.56. The summed E-state index contributed by atoms with van der Waals surface area (Å²) in [5.41, 5.74) is 2.14. The van der Waals surface area contributed by atoms with Crippen molar-refractivity contribution in [2.75, 3.05) is 11.9 Å². The second-order valence-electron chi connectivity index (χ2n) is 11.0. The molecule has 2 fully saturated rings. The molecule has 0 bridgehead atoms. The van der Waals surface area contributed by atoms with Crippen molar-refractivity contribution < 1.29 is 18.7 Å². The Hall–Kier alpha value is -3.68. The molecule has 3 aliphatic rings. The Morgan fingerprint density at radius 2 is 1.87 bits per heavy atom. The highest BCUT2D eigenvalue weighted by molar-refractivity contribution is 6.01. The van der Waals surface area contributed by atoms with Crippen LogP contribution in [0, 0.1) is 11.2 Å². The Bertz CT molecular complexity index is 1360. The van der Waals surface area contributed by atoms with Gasteiger partial charge in [-0.2, -0.15) is 5.10 Å². The number of para-hydroxylation sites is 1. The van der Waals surface area contributed by atoms with E-state index in [1.165, 1.54) is 17.2 Å². The van der Waals surface area contributed by atoms with E-state index in [0.29, 0.717) is 18.0 Å². The van der Waals surface area contributed by atoms with E-state index in [1.54, 1.807) is 31.4 Å². The number of carbonyl (C=O) groups is 2. The van der Waals surface area contributed by atoms with Crippen molar-refractivity contribution in [3.8, 4) is 5.75 Å². The number of anilines is 1. The molecule has 2 aliphatic carbocycles. The van der Waals surface area contributed by atoms with Gasteiger partial charge < -0.3 is 15.4 Å². The summed E-state index contributed by atoms with van der Waals surface area (Å²) in [5, 5.41) is 10.0. The monoisotopic (exact) mass is 516 g/mol. The van der Waals surface area contributed by atoms with Crippen LogP contribution in [0.4, 0.5) is 10.1 Å². The van der Waals surface area contributed by atoms with E-state index >= 15 is 4.39 Å². The fraction of sp³-hybridized carbons (Fsp3) is 0.433. The molecular formula is C30H33FN4O3. The van der Waals surface area contributed by atoms with Gasteiger partial charge in [0.2, 0.25) is 5.91 Å². The minimum absolute atomic E-state index is 0.230. The van der Waals surface area contributed by atoms with Crippen LogP contribution < -0.4 is 15.4 Å². The zero-order valence-electron chi connectivity index (χ0n) is 21.6. The molecule has 2 aromatic carbocycles. The molecule has 1 aliphatic heterocycles. The van der Waals surface area contributed by atoms with Gasteiger partial charge in [0.15, 0.2) is 0 Å². The van der Waals surface area contributed by atoms with Crippen molar-refractivity contribution >= 4 is 17.5 Å². The first-order valence-corrected chi connectivity index (χ1v) is 13.6. The second kappa shape index (κ2) is 9.89. The molecule has 2 heterocycles. The lowest BCUT2D eigenvalue weighted by molar-refractivity contribution is -0.119. The molecule has 2 N–H and O–H groups in total. The lowest BCUT2D eigenvalue weighted by atomic mass is 9.76. The van der Waals surface area contributed by atoms with Gasteiger partial charge in [-0.3, -0.25) is 14.3 Å². The maximum absolute atomic E-state index is 15.2. The van der Waals surface area contributed by atoms with Crippen molar-refractivity contribution in [2.45, 2.75) is 62.8 Å². The van der Waals surface area contributed by atoms with Gasteiger partial charge in [-0.15, -0.1) is 0 Å². The minimum atomic E-state index is -0.883. The van der Waals surface area contributed by atoms with E-state index in [9.17, 15) is 9.59 Å². The number of aromatic nitrogens is 2. The van der Waals surface area contributed by atoms with Crippen molar-refractivity contribution in [3.63, 3.8) is 0 Å². The number of nitrogens with one attached hydrogen (secondary N) is 2. The van der Waals surface area contributed by atoms with Crippen LogP contribution in [0.3, 0.4) is 0 Å². The largest absolute Gasteiger partial charge is 0.493 e. The normalized spacial score (nSPS) is 20.7. The van der Waals surface area contributed by atoms with E-state index in [0.717, 1.165) is 55.4 Å². The summed E-state index contributed by atoms with van der Waals surface area (Å²) in [7, 11) is 1.69. The topological polar surface area (TPSA) is 85.2 Å². The van der Waals surface area contributed by atoms with E-state index in [-0.39, 0.29) is 34.9 Å². The fourth-order valence-electron chi connectivity index (χ4n) is 6.34. The first-order chi connectivity index (χ1) is 18.4. The van der Waals surface area contributed by atoms with Gasteiger partial charge in [-0.05, 0) is 61.4 Å². The zero-order valence-corrected chi connectivity index (χ0v) is 21.6. The molecule has 0 saturated heterocycles. The Morgan fingerprint density at radius 3 is 2.58 bits per heavy atom. The van der Waals surface area contributed by atoms with Gasteiger partial charge in [-0.1, -0.05) is 43.5 Å². The second-order valence-corrected chi connectivity index (χ2v) is 11.0. The predicted octanol–water partition coefficient (Wildman–Crippen LogP) is 5.30. The van der Waals surface area contributed by atoms with Crippen LogP contribution in [0.1, 0.15) is 78.4 Å². The Labute approximate surface area is 221 Å². The summed E-state index contributed by atoms with van der Waals surface area (Å²) >= 11 is 0. The average molecular weight is 517 g/mol. The first-order valence-electron chi connectivity index (χ1n) is 13.6. The molecule has 1 unspecified atom stereocenters. The summed E-state index contributed by atoms with van der Waals surface area (Å²) in [6.45, 7) is 0.491. The molecule has 1 spiro atoms. The summed E-state index contributed by atoms with van der Waals surface area (Å²) < 4.78 is 22.7. The van der Waals surface area contributed by atoms with Crippen LogP contribution in [-0.2, 0) is 11.8 Å². The number of rotatable bonds is 6. The highest BCUT2D eigenvalue weighted by Gasteiger charge is 2.57. The van der Waals surface area contributed by atoms with Crippen molar-refractivity contribution in [1.82, 2.24) is 15.1 Å². The molecule has 8 heteroatoms. The summed E-state index contributed by atoms with van der Waals surface area (Å²) in [6.07, 6.45) is 8.79. The standard InChI is InChI=1S/C30H33FN4O3/c1-35-24(13-16-32-35)28(36)34-27(26-22-9-5-6-10-25(22)38-18-30(26)14-15-30)29(37)33-20-11-12-21(23(31)17-20)19-7-3-2-4-8-19/h5-6,9-13,16-17,19,26-27H,2-4,7-8,14-15,18H2,1H3,(H,33,37)(H,34,36)/t26?,27-/m0/s1. The maximum atomic E-state index is 15.2. The quantitative estimate of drug-likeness (QED) is 0.466. The molecule has 2 saturated carbocycles. The van der Waals surface area contributed by atoms with Crippen LogP contribution in [0.15, 0.2) is 54.7 Å². The number of hydrogen-bond acceptors (Lipinski definition) is 4. The van der Waals surface area contributed by atoms with Crippen LogP contribution in [0.2, 0.25) is 0 Å². The number of aryl methyl sites for hydroxylation is 1. The first kappa shape index (κ1) is 24.6. The summed E-state index contributed by atoms with van der Waals surface area (Å²) in [5.74, 6) is -0.378. The third kappa shape index (κ3) is 4.57. The molecule has 2 atom stereocenters. The highest BCUT2D eigenvalue weighted by atomic mass is 19.1. The van der Waals surface area contributed by atoms with Crippen LogP contribution >= 0.6 is 0 Å². The van der Waals surface area contributed by atoms with Gasteiger partial charge in [0, 0.05) is 35.8 Å². The van der Waals surface area contributed by atoms with Crippen LogP contribution in [0.25, 0.3) is 0 Å². The maximum Gasteiger partial charge on any atom is 0.270 e. The lowest BCUT2D eigenvalue weighted by Crippen LogP contribution is -2.52. The van der Waals surface area contributed by atoms with Gasteiger partial charge in [0.05, 0.1) is 6.61 Å². The van der Waals surface area contributed by atoms with E-state index < -0.39 is 6.04 Å². The SMILES string of the molecule is Cn1nccc1C(=O)N[C@H](C(=O)Nc1ccc(C2CCCCC2)c(F)c1)C1c2ccccc2OCC12CC2. The van der Waals surface area contributed by atoms with Crippen molar-refractivity contribution in [2.24, 2.45) is 12.5 Å². The Morgan fingerprint density at radius 1 is 1.08 bits per heavy atom. The number of amides is 2. The minimum Gasteiger partial charge on any atom is -0.493 e. The van der Waals surface area contributed by atoms with Crippen molar-refractivity contribution in [1.29, 1.82) is 0 Å². The summed E-state index contributed by atoms with van der Waals surface area (Å²) in [6, 6.07) is 13.4. The van der Waals surface area contributed by atoms with Crippen LogP contribution in [-0.4, -0.2) is 34.2 Å². The molecule has 1 aromatic heterocycles. The number of carbonyl (C=O) groups excluding carboxylic acids is 2. The predicted molar refractivity (Wildman–Crippen MR) is 142 cm³/mol. The van der Waals surface area contributed by atoms with Crippen molar-refractivity contribution in [3.05, 3.63) is 77.4 Å². The zero-order chi connectivity index (χ0) is 26.3. The molecule has 7 nitrogen and oxygen atoms in total. The third-order valence-electron chi connectivity index (χ3n) is 8.59. The molecule has 2 amide bonds. The number of hydrogen-bond donors (Lipinski definition) is 2. The molecule has 198 valence electrons. The molecule has 6 rings (SSSR count). The number of benzene rings is 2. The van der Waals surface area contributed by atoms with Gasteiger partial charge in [0.25, 0.3) is 5.91 Å². The molecular weight excluding hydrogens is 483 g/mol. The summed E-state index contributed by atoms with van der Waals surface area (Å²) in [4.78, 5) is 27.2. The van der Waals surface area contributed by atoms with Gasteiger partial charge in [0.1, 0.15) is 23.3 Å². The molecule has 0 radical (unpaired) electrons. The number of nitrogens with zero attached hydrogens (tertiary/aromatic N) is 2. The lowest BCUT2D eigenvalue weighted by Gasteiger charge is -2.38. The number of ether oxygens (including phenoxy) is 1. The van der Waals surface area contributed by atoms with Crippen LogP contribution in [0.5, 0.6) is 5.75 Å². The number of halogens is 1. The Kier molecular flexibility index (Phi) is 6.41. The molecule has 38 heavy (non-hydrogen) atoms. The van der Waals surface area contributed by atoms with E-state index in [2.05, 4.69) is 15.7 Å². The highest BCUT2D eigenvalue weighted by Crippen LogP contribution is 2.61. The smallest absolute Gasteiger partial charge is 0.270 e. The van der Waals surface area contributed by atoms with Gasteiger partial charge in [-0.25, -0.2) is 4.39 Å². The number of fused-ring (bicyclic) bond motifs is 1.